The van der Waals surface area contributed by atoms with Crippen LogP contribution >= 0.6 is 12.4 Å². The van der Waals surface area contributed by atoms with Crippen molar-refractivity contribution >= 4 is 12.4 Å². The number of aliphatic hydroxyl groups excluding tert-OH is 2. The third-order valence-electron chi connectivity index (χ3n) is 1.62. The summed E-state index contributed by atoms with van der Waals surface area (Å²) < 4.78 is 0. The van der Waals surface area contributed by atoms with Crippen LogP contribution in [0.15, 0.2) is 0 Å². The first-order valence-corrected chi connectivity index (χ1v) is 3.15. The molecule has 0 bridgehead atoms. The van der Waals surface area contributed by atoms with Gasteiger partial charge >= 0.3 is 0 Å². The molecule has 2 N–H and O–H groups in total. The zero-order valence-corrected chi connectivity index (χ0v) is 6.10. The van der Waals surface area contributed by atoms with Gasteiger partial charge in [-0.25, -0.2) is 0 Å². The zero-order valence-electron chi connectivity index (χ0n) is 5.29. The third-order valence-corrected chi connectivity index (χ3v) is 1.62. The quantitative estimate of drug-likeness (QED) is 0.537. The van der Waals surface area contributed by atoms with E-state index in [9.17, 15) is 0 Å². The van der Waals surface area contributed by atoms with Crippen LogP contribution in [0, 0.1) is 0 Å². The van der Waals surface area contributed by atoms with E-state index < -0.39 is 0 Å². The van der Waals surface area contributed by atoms with Crippen LogP contribution in [-0.4, -0.2) is 22.4 Å². The largest absolute Gasteiger partial charge is 0.393 e. The van der Waals surface area contributed by atoms with Gasteiger partial charge in [-0.05, 0) is 25.7 Å². The maximum Gasteiger partial charge on any atom is 0.0564 e. The minimum atomic E-state index is -0.237. The van der Waals surface area contributed by atoms with Crippen LogP contribution in [0.5, 0.6) is 0 Å². The Morgan fingerprint density at radius 1 is 1.00 bits per heavy atom. The summed E-state index contributed by atoms with van der Waals surface area (Å²) in [6.07, 6.45) is 2.83. The first-order chi connectivity index (χ1) is 3.79. The predicted octanol–water partition coefficient (Wildman–Crippen LogP) is 0.704. The van der Waals surface area contributed by atoms with Gasteiger partial charge in [-0.2, -0.15) is 0 Å². The molecule has 0 heterocycles. The first-order valence-electron chi connectivity index (χ1n) is 3.15. The van der Waals surface area contributed by atoms with Crippen molar-refractivity contribution in [3.63, 3.8) is 0 Å². The van der Waals surface area contributed by atoms with Gasteiger partial charge < -0.3 is 10.2 Å². The highest BCUT2D eigenvalue weighted by Gasteiger charge is 2.16. The van der Waals surface area contributed by atoms with Gasteiger partial charge in [0.2, 0.25) is 0 Å². The molecule has 0 spiro atoms. The lowest BCUT2D eigenvalue weighted by atomic mass is 9.95. The molecule has 0 aromatic heterocycles. The van der Waals surface area contributed by atoms with E-state index in [1.807, 2.05) is 0 Å². The summed E-state index contributed by atoms with van der Waals surface area (Å²) in [6, 6.07) is 0. The normalized spacial score (nSPS) is 35.3. The molecule has 0 aliphatic heterocycles. The van der Waals surface area contributed by atoms with Crippen molar-refractivity contribution in [3.8, 4) is 0 Å². The Kier molecular flexibility index (Phi) is 4.19. The minimum Gasteiger partial charge on any atom is -0.393 e. The number of hydrogen-bond donors (Lipinski definition) is 2. The van der Waals surface area contributed by atoms with E-state index in [-0.39, 0.29) is 24.6 Å². The van der Waals surface area contributed by atoms with E-state index in [4.69, 9.17) is 10.2 Å². The molecule has 2 unspecified atom stereocenters. The lowest BCUT2D eigenvalue weighted by Crippen LogP contribution is -2.22. The van der Waals surface area contributed by atoms with E-state index in [1.165, 1.54) is 0 Å². The topological polar surface area (TPSA) is 40.5 Å². The van der Waals surface area contributed by atoms with E-state index in [2.05, 4.69) is 0 Å². The van der Waals surface area contributed by atoms with Crippen LogP contribution in [0.2, 0.25) is 0 Å². The van der Waals surface area contributed by atoms with Crippen molar-refractivity contribution < 1.29 is 10.2 Å². The highest BCUT2D eigenvalue weighted by molar-refractivity contribution is 5.85. The molecule has 0 aromatic rings. The Labute approximate surface area is 61.3 Å². The van der Waals surface area contributed by atoms with Crippen molar-refractivity contribution in [1.82, 2.24) is 0 Å². The number of hydrogen-bond acceptors (Lipinski definition) is 2. The molecule has 9 heavy (non-hydrogen) atoms. The SMILES string of the molecule is Cl.OC1CCCC(O)C1. The summed E-state index contributed by atoms with van der Waals surface area (Å²) in [4.78, 5) is 0. The average molecular weight is 153 g/mol. The van der Waals surface area contributed by atoms with Crippen LogP contribution in [0.4, 0.5) is 0 Å². The molecule has 2 nitrogen and oxygen atoms in total. The molecule has 0 amide bonds. The molecule has 0 saturated heterocycles. The molecule has 1 aliphatic rings. The maximum absolute atomic E-state index is 8.92. The second kappa shape index (κ2) is 4.09. The monoisotopic (exact) mass is 152 g/mol. The molecule has 1 saturated carbocycles. The van der Waals surface area contributed by atoms with E-state index >= 15 is 0 Å². The van der Waals surface area contributed by atoms with Crippen molar-refractivity contribution in [2.75, 3.05) is 0 Å². The molecular formula is C6H13ClO2. The third kappa shape index (κ3) is 3.04. The van der Waals surface area contributed by atoms with E-state index in [0.717, 1.165) is 19.3 Å². The lowest BCUT2D eigenvalue weighted by Gasteiger charge is -2.20. The fraction of sp³-hybridized carbons (Fsp3) is 1.00. The van der Waals surface area contributed by atoms with Gasteiger partial charge in [0.25, 0.3) is 0 Å². The number of halogens is 1. The van der Waals surface area contributed by atoms with Crippen LogP contribution in [0.1, 0.15) is 25.7 Å². The van der Waals surface area contributed by atoms with Crippen LogP contribution in [0.25, 0.3) is 0 Å². The Hall–Kier alpha value is 0.210. The maximum atomic E-state index is 8.92. The molecule has 3 heteroatoms. The van der Waals surface area contributed by atoms with Crippen LogP contribution in [0.3, 0.4) is 0 Å². The average Bonchev–Trinajstić information content (AvgIpc) is 1.64. The molecule has 1 rings (SSSR count). The number of rotatable bonds is 0. The van der Waals surface area contributed by atoms with Gasteiger partial charge in [0, 0.05) is 0 Å². The van der Waals surface area contributed by atoms with Crippen molar-refractivity contribution in [2.24, 2.45) is 0 Å². The van der Waals surface area contributed by atoms with Gasteiger partial charge in [0.05, 0.1) is 12.2 Å². The Bertz CT molecular complexity index is 69.5. The summed E-state index contributed by atoms with van der Waals surface area (Å²) in [5.74, 6) is 0. The van der Waals surface area contributed by atoms with Gasteiger partial charge in [-0.3, -0.25) is 0 Å². The fourth-order valence-corrected chi connectivity index (χ4v) is 1.14. The summed E-state index contributed by atoms with van der Waals surface area (Å²) in [6.45, 7) is 0. The zero-order chi connectivity index (χ0) is 5.98. The highest BCUT2D eigenvalue weighted by Crippen LogP contribution is 2.17. The minimum absolute atomic E-state index is 0. The fourth-order valence-electron chi connectivity index (χ4n) is 1.14. The van der Waals surface area contributed by atoms with Crippen LogP contribution < -0.4 is 0 Å². The molecular weight excluding hydrogens is 140 g/mol. The smallest absolute Gasteiger partial charge is 0.0564 e. The summed E-state index contributed by atoms with van der Waals surface area (Å²) in [5, 5.41) is 17.8. The molecule has 0 aromatic carbocycles. The summed E-state index contributed by atoms with van der Waals surface area (Å²) in [7, 11) is 0. The molecule has 2 atom stereocenters. The van der Waals surface area contributed by atoms with Gasteiger partial charge in [-0.1, -0.05) is 0 Å². The molecule has 56 valence electrons. The van der Waals surface area contributed by atoms with E-state index in [1.54, 1.807) is 0 Å². The second-order valence-corrected chi connectivity index (χ2v) is 2.47. The predicted molar refractivity (Wildman–Crippen MR) is 37.7 cm³/mol. The van der Waals surface area contributed by atoms with Crippen molar-refractivity contribution in [1.29, 1.82) is 0 Å². The number of aliphatic hydroxyl groups is 2. The second-order valence-electron chi connectivity index (χ2n) is 2.47. The summed E-state index contributed by atoms with van der Waals surface area (Å²) in [5.41, 5.74) is 0. The highest BCUT2D eigenvalue weighted by atomic mass is 35.5. The lowest BCUT2D eigenvalue weighted by molar-refractivity contribution is 0.0406. The first kappa shape index (κ1) is 9.21. The van der Waals surface area contributed by atoms with Crippen LogP contribution in [-0.2, 0) is 0 Å². The van der Waals surface area contributed by atoms with Crippen molar-refractivity contribution in [3.05, 3.63) is 0 Å². The van der Waals surface area contributed by atoms with E-state index in [0.29, 0.717) is 6.42 Å². The Morgan fingerprint density at radius 2 is 1.44 bits per heavy atom. The molecule has 0 radical (unpaired) electrons. The Morgan fingerprint density at radius 3 is 1.67 bits per heavy atom. The van der Waals surface area contributed by atoms with Gasteiger partial charge in [0.1, 0.15) is 0 Å². The van der Waals surface area contributed by atoms with Gasteiger partial charge in [-0.15, -0.1) is 12.4 Å². The standard InChI is InChI=1S/C6H12O2.ClH/c7-5-2-1-3-6(8)4-5;/h5-8H,1-4H2;1H. The Balaban J connectivity index is 0.000000640. The molecule has 1 fully saturated rings. The molecule has 1 aliphatic carbocycles. The summed E-state index contributed by atoms with van der Waals surface area (Å²) >= 11 is 0. The van der Waals surface area contributed by atoms with Gasteiger partial charge in [0.15, 0.2) is 0 Å². The van der Waals surface area contributed by atoms with Crippen molar-refractivity contribution in [2.45, 2.75) is 37.9 Å².